The van der Waals surface area contributed by atoms with E-state index >= 15 is 0 Å². The van der Waals surface area contributed by atoms with E-state index in [0.29, 0.717) is 11.0 Å². The summed E-state index contributed by atoms with van der Waals surface area (Å²) in [5.41, 5.74) is 1.14. The van der Waals surface area contributed by atoms with Gasteiger partial charge in [0.15, 0.2) is 0 Å². The van der Waals surface area contributed by atoms with Crippen molar-refractivity contribution in [1.29, 1.82) is 0 Å². The summed E-state index contributed by atoms with van der Waals surface area (Å²) in [5.74, 6) is 0.660. The number of carbonyl (C=O) groups excluding carboxylic acids is 1. The molecule has 3 rings (SSSR count). The second-order valence-electron chi connectivity index (χ2n) is 7.26. The summed E-state index contributed by atoms with van der Waals surface area (Å²) < 4.78 is 28.7. The van der Waals surface area contributed by atoms with Gasteiger partial charge in [0.05, 0.1) is 6.04 Å². The van der Waals surface area contributed by atoms with Gasteiger partial charge in [0, 0.05) is 21.2 Å². The Hall–Kier alpha value is -1.92. The van der Waals surface area contributed by atoms with E-state index in [2.05, 4.69) is 27.3 Å². The molecule has 0 radical (unpaired) electrons. The van der Waals surface area contributed by atoms with Gasteiger partial charge in [-0.05, 0) is 55.6 Å². The van der Waals surface area contributed by atoms with E-state index < -0.39 is 6.61 Å². The maximum Gasteiger partial charge on any atom is 0.388 e. The first-order valence-electron chi connectivity index (χ1n) is 9.33. The minimum absolute atomic E-state index is 0. The van der Waals surface area contributed by atoms with Gasteiger partial charge < -0.3 is 15.4 Å². The van der Waals surface area contributed by atoms with Crippen molar-refractivity contribution in [3.63, 3.8) is 0 Å². The topological polar surface area (TPSA) is 63.2 Å². The molecule has 1 heterocycles. The van der Waals surface area contributed by atoms with Gasteiger partial charge in [0.2, 0.25) is 5.88 Å². The van der Waals surface area contributed by atoms with E-state index in [1.807, 2.05) is 13.8 Å². The number of nitrogens with one attached hydrogen (secondary N) is 2. The Kier molecular flexibility index (Phi) is 6.78. The molecular weight excluding hydrogens is 340 g/mol. The number of rotatable bonds is 5. The van der Waals surface area contributed by atoms with Crippen LogP contribution in [0.5, 0.6) is 5.88 Å². The normalized spacial score (nSPS) is 27.5. The zero-order valence-electron chi connectivity index (χ0n) is 15.9. The van der Waals surface area contributed by atoms with Crippen LogP contribution in [-0.2, 0) is 0 Å². The van der Waals surface area contributed by atoms with Crippen molar-refractivity contribution in [2.75, 3.05) is 0 Å². The smallest absolute Gasteiger partial charge is 0.388 e. The predicted octanol–water partition coefficient (Wildman–Crippen LogP) is 5.14. The molecule has 1 spiro atoms. The number of ether oxygens (including phenoxy) is 1. The largest absolute Gasteiger partial charge is 0.417 e. The molecule has 1 unspecified atom stereocenters. The summed E-state index contributed by atoms with van der Waals surface area (Å²) >= 11 is 0. The molecule has 2 fully saturated rings. The van der Waals surface area contributed by atoms with Gasteiger partial charge in [-0.3, -0.25) is 0 Å². The second kappa shape index (κ2) is 8.64. The summed E-state index contributed by atoms with van der Waals surface area (Å²) in [4.78, 5) is 15.8. The Bertz CT molecular complexity index is 609. The van der Waals surface area contributed by atoms with Gasteiger partial charge in [0.1, 0.15) is 0 Å². The lowest BCUT2D eigenvalue weighted by molar-refractivity contribution is -0.0529. The van der Waals surface area contributed by atoms with Gasteiger partial charge in [-0.15, -0.1) is 0 Å². The Morgan fingerprint density at radius 1 is 1.35 bits per heavy atom. The predicted molar refractivity (Wildman–Crippen MR) is 100 cm³/mol. The number of aromatic nitrogens is 1. The first kappa shape index (κ1) is 20.4. The molecule has 0 bridgehead atoms. The number of amides is 2. The van der Waals surface area contributed by atoms with Gasteiger partial charge in [0.25, 0.3) is 0 Å². The lowest BCUT2D eigenvalue weighted by Crippen LogP contribution is -2.57. The van der Waals surface area contributed by atoms with Crippen LogP contribution in [0.2, 0.25) is 0 Å². The van der Waals surface area contributed by atoms with E-state index in [4.69, 9.17) is 0 Å². The molecule has 2 N–H and O–H groups in total. The lowest BCUT2D eigenvalue weighted by Gasteiger charge is -2.57. The van der Waals surface area contributed by atoms with E-state index in [1.54, 1.807) is 13.0 Å². The van der Waals surface area contributed by atoms with E-state index in [9.17, 15) is 13.6 Å². The number of carbonyl (C=O) groups is 1. The van der Waals surface area contributed by atoms with Crippen LogP contribution in [-0.4, -0.2) is 23.7 Å². The molecular formula is C19H33F2N3O2. The maximum atomic E-state index is 12.2. The average molecular weight is 373 g/mol. The quantitative estimate of drug-likeness (QED) is 0.751. The molecule has 26 heavy (non-hydrogen) atoms. The molecule has 1 aromatic heterocycles. The molecule has 2 amide bonds. The summed E-state index contributed by atoms with van der Waals surface area (Å²) in [6, 6.07) is 2.75. The van der Waals surface area contributed by atoms with Crippen molar-refractivity contribution < 1.29 is 21.2 Å². The third kappa shape index (κ3) is 5.05. The van der Waals surface area contributed by atoms with E-state index in [1.165, 1.54) is 25.1 Å². The molecule has 150 valence electrons. The number of alkyl halides is 2. The Labute approximate surface area is 156 Å². The Balaban J connectivity index is 0.00000177. The van der Waals surface area contributed by atoms with Gasteiger partial charge >= 0.3 is 12.6 Å². The summed E-state index contributed by atoms with van der Waals surface area (Å²) in [5, 5.41) is 5.81. The van der Waals surface area contributed by atoms with Crippen LogP contribution >= 0.6 is 0 Å². The third-order valence-electron chi connectivity index (χ3n) is 5.07. The highest BCUT2D eigenvalue weighted by Crippen LogP contribution is 2.58. The van der Waals surface area contributed by atoms with Crippen molar-refractivity contribution >= 4 is 6.03 Å². The first-order valence-corrected chi connectivity index (χ1v) is 9.33. The van der Waals surface area contributed by atoms with E-state index in [-0.39, 0.29) is 26.8 Å². The summed E-state index contributed by atoms with van der Waals surface area (Å²) in [7, 11) is 0. The van der Waals surface area contributed by atoms with Crippen molar-refractivity contribution in [3.05, 3.63) is 23.9 Å². The molecule has 1 atom stereocenters. The third-order valence-corrected chi connectivity index (χ3v) is 5.07. The first-order chi connectivity index (χ1) is 12.3. The number of hydrogen-bond donors (Lipinski definition) is 2. The standard InChI is InChI=1S/C17H23F2N3O2.C2H6.2H2/c1-10-6-17(7-10)8-13(9-17)22-16(23)21-11(2)12-3-4-20-14(5-12)24-15(18)19;1-2;;/h3-5,10-11,13,15H,6-9H2,1-2H3,(H2,21,22,23);1-2H3;2*1H. The number of hydrogen-bond acceptors (Lipinski definition) is 3. The molecule has 2 aliphatic carbocycles. The molecule has 0 aromatic carbocycles. The second-order valence-corrected chi connectivity index (χ2v) is 7.26. The highest BCUT2D eigenvalue weighted by atomic mass is 19.3. The minimum atomic E-state index is -2.92. The van der Waals surface area contributed by atoms with Gasteiger partial charge in [-0.2, -0.15) is 8.78 Å². The van der Waals surface area contributed by atoms with Crippen molar-refractivity contribution in [3.8, 4) is 5.88 Å². The van der Waals surface area contributed by atoms with Crippen LogP contribution in [0.1, 0.15) is 67.8 Å². The van der Waals surface area contributed by atoms with Crippen LogP contribution in [0.15, 0.2) is 18.3 Å². The molecule has 0 saturated heterocycles. The fraction of sp³-hybridized carbons (Fsp3) is 0.684. The van der Waals surface area contributed by atoms with Gasteiger partial charge in [-0.25, -0.2) is 9.78 Å². The Morgan fingerprint density at radius 2 is 2.00 bits per heavy atom. The SMILES string of the molecule is CC.CC1CC2(C1)CC(NC(=O)NC(C)c1ccnc(OC(F)F)c1)C2.[HH].[HH]. The van der Waals surface area contributed by atoms with Gasteiger partial charge in [-0.1, -0.05) is 20.8 Å². The number of urea groups is 1. The maximum absolute atomic E-state index is 12.2. The number of halogens is 2. The van der Waals surface area contributed by atoms with Crippen molar-refractivity contribution in [2.45, 2.75) is 72.1 Å². The molecule has 1 aromatic rings. The van der Waals surface area contributed by atoms with Crippen LogP contribution in [0.3, 0.4) is 0 Å². The summed E-state index contributed by atoms with van der Waals surface area (Å²) in [6.45, 7) is 5.14. The highest BCUT2D eigenvalue weighted by molar-refractivity contribution is 5.75. The zero-order chi connectivity index (χ0) is 19.3. The van der Waals surface area contributed by atoms with Crippen LogP contribution < -0.4 is 15.4 Å². The zero-order valence-corrected chi connectivity index (χ0v) is 15.9. The average Bonchev–Trinajstić information content (AvgIpc) is 2.53. The molecule has 5 nitrogen and oxygen atoms in total. The van der Waals surface area contributed by atoms with E-state index in [0.717, 1.165) is 18.8 Å². The van der Waals surface area contributed by atoms with Crippen LogP contribution in [0.25, 0.3) is 0 Å². The van der Waals surface area contributed by atoms with Crippen molar-refractivity contribution in [2.24, 2.45) is 11.3 Å². The van der Waals surface area contributed by atoms with Crippen LogP contribution in [0.4, 0.5) is 13.6 Å². The van der Waals surface area contributed by atoms with Crippen molar-refractivity contribution in [1.82, 2.24) is 15.6 Å². The minimum Gasteiger partial charge on any atom is -0.417 e. The molecule has 7 heteroatoms. The molecule has 2 saturated carbocycles. The molecule has 0 aliphatic heterocycles. The van der Waals surface area contributed by atoms with Crippen LogP contribution in [0, 0.1) is 11.3 Å². The monoisotopic (exact) mass is 373 g/mol. The summed E-state index contributed by atoms with van der Waals surface area (Å²) in [6.07, 6.45) is 6.04. The fourth-order valence-electron chi connectivity index (χ4n) is 4.20. The fourth-order valence-corrected chi connectivity index (χ4v) is 4.20. The molecule has 2 aliphatic rings. The lowest BCUT2D eigenvalue weighted by atomic mass is 9.50. The number of pyridine rings is 1. The number of nitrogens with zero attached hydrogens (tertiary/aromatic N) is 1. The highest BCUT2D eigenvalue weighted by Gasteiger charge is 2.51. The Morgan fingerprint density at radius 3 is 2.58 bits per heavy atom.